The Kier molecular flexibility index (Phi) is 8.86. The molecule has 0 saturated heterocycles. The van der Waals surface area contributed by atoms with Gasteiger partial charge in [0.1, 0.15) is 0 Å². The number of alkyl halides is 3. The molecule has 0 atom stereocenters. The van der Waals surface area contributed by atoms with Gasteiger partial charge in [-0.15, -0.1) is 0 Å². The van der Waals surface area contributed by atoms with Crippen molar-refractivity contribution in [2.75, 3.05) is 47.4 Å². The molecule has 0 heterocycles. The van der Waals surface area contributed by atoms with Crippen LogP contribution in [0, 0.1) is 0 Å². The summed E-state index contributed by atoms with van der Waals surface area (Å²) >= 11 is 0. The molecule has 2 N–H and O–H groups in total. The van der Waals surface area contributed by atoms with E-state index in [1.54, 1.807) is 6.07 Å². The Balaban J connectivity index is 2.33. The second-order valence-electron chi connectivity index (χ2n) is 5.81. The van der Waals surface area contributed by atoms with Gasteiger partial charge in [0.05, 0.1) is 27.3 Å². The first-order valence-electron chi connectivity index (χ1n) is 8.18. The molecule has 0 aromatic heterocycles. The van der Waals surface area contributed by atoms with E-state index in [2.05, 4.69) is 10.6 Å². The van der Waals surface area contributed by atoms with Crippen LogP contribution < -0.4 is 20.1 Å². The first-order chi connectivity index (χ1) is 12.7. The summed E-state index contributed by atoms with van der Waals surface area (Å²) in [4.78, 5) is 24.9. The molecular weight excluding hydrogens is 367 g/mol. The number of methoxy groups -OCH3 is 2. The molecule has 2 amide bonds. The van der Waals surface area contributed by atoms with Crippen molar-refractivity contribution in [3.05, 3.63) is 23.8 Å². The number of benzene rings is 1. The summed E-state index contributed by atoms with van der Waals surface area (Å²) in [5.74, 6) is -0.0295. The Hall–Kier alpha value is -2.49. The standard InChI is InChI=1S/C17H24F3N3O4/c1-23(11-17(18,19)20)8-4-7-21-15(24)10-22-16(25)12-5-6-13(26-2)14(9-12)27-3/h5-6,9H,4,7-8,10-11H2,1-3H3,(H,21,24)(H,22,25). The van der Waals surface area contributed by atoms with Gasteiger partial charge in [0.2, 0.25) is 5.91 Å². The molecule has 152 valence electrons. The maximum atomic E-state index is 12.2. The van der Waals surface area contributed by atoms with Crippen molar-refractivity contribution >= 4 is 11.8 Å². The lowest BCUT2D eigenvalue weighted by atomic mass is 10.2. The fraction of sp³-hybridized carbons (Fsp3) is 0.529. The average Bonchev–Trinajstić information content (AvgIpc) is 2.61. The van der Waals surface area contributed by atoms with E-state index in [0.29, 0.717) is 23.5 Å². The van der Waals surface area contributed by atoms with Crippen LogP contribution in [0.25, 0.3) is 0 Å². The number of carbonyl (C=O) groups is 2. The number of ether oxygens (including phenoxy) is 2. The van der Waals surface area contributed by atoms with Gasteiger partial charge in [-0.25, -0.2) is 0 Å². The maximum Gasteiger partial charge on any atom is 0.401 e. The van der Waals surface area contributed by atoms with E-state index in [1.807, 2.05) is 0 Å². The summed E-state index contributed by atoms with van der Waals surface area (Å²) in [6.45, 7) is -0.834. The lowest BCUT2D eigenvalue weighted by Crippen LogP contribution is -2.38. The summed E-state index contributed by atoms with van der Waals surface area (Å²) in [5, 5.41) is 5.00. The number of halogens is 3. The van der Waals surface area contributed by atoms with E-state index in [4.69, 9.17) is 9.47 Å². The fourth-order valence-electron chi connectivity index (χ4n) is 2.26. The predicted octanol–water partition coefficient (Wildman–Crippen LogP) is 1.43. The lowest BCUT2D eigenvalue weighted by molar-refractivity contribution is -0.143. The molecule has 10 heteroatoms. The molecule has 0 bridgehead atoms. The van der Waals surface area contributed by atoms with Gasteiger partial charge in [-0.1, -0.05) is 0 Å². The van der Waals surface area contributed by atoms with Crippen LogP contribution in [-0.4, -0.2) is 70.3 Å². The molecule has 0 aliphatic carbocycles. The number of rotatable bonds is 10. The van der Waals surface area contributed by atoms with E-state index in [0.717, 1.165) is 4.90 Å². The number of amides is 2. The number of nitrogens with one attached hydrogen (secondary N) is 2. The topological polar surface area (TPSA) is 79.9 Å². The number of hydrogen-bond acceptors (Lipinski definition) is 5. The summed E-state index contributed by atoms with van der Waals surface area (Å²) in [7, 11) is 4.28. The highest BCUT2D eigenvalue weighted by molar-refractivity contribution is 5.97. The maximum absolute atomic E-state index is 12.2. The minimum absolute atomic E-state index is 0.192. The minimum atomic E-state index is -4.24. The van der Waals surface area contributed by atoms with E-state index >= 15 is 0 Å². The highest BCUT2D eigenvalue weighted by Gasteiger charge is 2.28. The highest BCUT2D eigenvalue weighted by atomic mass is 19.4. The van der Waals surface area contributed by atoms with Gasteiger partial charge in [0, 0.05) is 12.1 Å². The summed E-state index contributed by atoms with van der Waals surface area (Å²) < 4.78 is 46.7. The van der Waals surface area contributed by atoms with Gasteiger partial charge in [0.15, 0.2) is 11.5 Å². The zero-order valence-corrected chi connectivity index (χ0v) is 15.5. The number of nitrogens with zero attached hydrogens (tertiary/aromatic N) is 1. The zero-order valence-electron chi connectivity index (χ0n) is 15.5. The zero-order chi connectivity index (χ0) is 20.4. The van der Waals surface area contributed by atoms with Gasteiger partial charge in [0.25, 0.3) is 5.91 Å². The molecule has 1 rings (SSSR count). The molecule has 0 saturated carbocycles. The molecule has 1 aromatic carbocycles. The SMILES string of the molecule is COc1ccc(C(=O)NCC(=O)NCCCN(C)CC(F)(F)F)cc1OC. The smallest absolute Gasteiger partial charge is 0.401 e. The average molecular weight is 391 g/mol. The van der Waals surface area contributed by atoms with Crippen LogP contribution in [0.15, 0.2) is 18.2 Å². The van der Waals surface area contributed by atoms with Gasteiger partial charge in [-0.3, -0.25) is 14.5 Å². The normalized spacial score (nSPS) is 11.2. The van der Waals surface area contributed by atoms with Crippen molar-refractivity contribution in [2.24, 2.45) is 0 Å². The van der Waals surface area contributed by atoms with Crippen molar-refractivity contribution in [1.82, 2.24) is 15.5 Å². The van der Waals surface area contributed by atoms with Crippen LogP contribution in [0.2, 0.25) is 0 Å². The molecular formula is C17H24F3N3O4. The van der Waals surface area contributed by atoms with Crippen molar-refractivity contribution in [1.29, 1.82) is 0 Å². The van der Waals surface area contributed by atoms with E-state index in [1.165, 1.54) is 33.4 Å². The predicted molar refractivity (Wildman–Crippen MR) is 93.1 cm³/mol. The van der Waals surface area contributed by atoms with Gasteiger partial charge >= 0.3 is 6.18 Å². The molecule has 0 aliphatic heterocycles. The highest BCUT2D eigenvalue weighted by Crippen LogP contribution is 2.27. The Labute approximate surface area is 155 Å². The van der Waals surface area contributed by atoms with E-state index in [-0.39, 0.29) is 19.6 Å². The van der Waals surface area contributed by atoms with Crippen LogP contribution >= 0.6 is 0 Å². The third-order valence-electron chi connectivity index (χ3n) is 3.54. The Bertz CT molecular complexity index is 638. The summed E-state index contributed by atoms with van der Waals surface area (Å²) in [6.07, 6.45) is -3.88. The van der Waals surface area contributed by atoms with Crippen LogP contribution in [-0.2, 0) is 4.79 Å². The Morgan fingerprint density at radius 1 is 1.11 bits per heavy atom. The van der Waals surface area contributed by atoms with Crippen molar-refractivity contribution in [3.8, 4) is 11.5 Å². The lowest BCUT2D eigenvalue weighted by Gasteiger charge is -2.18. The van der Waals surface area contributed by atoms with Crippen LogP contribution in [0.4, 0.5) is 13.2 Å². The van der Waals surface area contributed by atoms with Crippen molar-refractivity contribution in [2.45, 2.75) is 12.6 Å². The summed E-state index contributed by atoms with van der Waals surface area (Å²) in [6, 6.07) is 4.60. The molecule has 0 radical (unpaired) electrons. The third kappa shape index (κ3) is 8.63. The monoisotopic (exact) mass is 391 g/mol. The first-order valence-corrected chi connectivity index (χ1v) is 8.18. The molecule has 27 heavy (non-hydrogen) atoms. The quantitative estimate of drug-likeness (QED) is 0.590. The van der Waals surface area contributed by atoms with Crippen molar-refractivity contribution < 1.29 is 32.2 Å². The van der Waals surface area contributed by atoms with E-state index < -0.39 is 24.5 Å². The molecule has 0 spiro atoms. The minimum Gasteiger partial charge on any atom is -0.493 e. The van der Waals surface area contributed by atoms with Crippen molar-refractivity contribution in [3.63, 3.8) is 0 Å². The van der Waals surface area contributed by atoms with Crippen LogP contribution in [0.5, 0.6) is 11.5 Å². The van der Waals surface area contributed by atoms with Crippen LogP contribution in [0.1, 0.15) is 16.8 Å². The molecule has 1 aromatic rings. The van der Waals surface area contributed by atoms with Gasteiger partial charge in [-0.05, 0) is 38.2 Å². The number of carbonyl (C=O) groups excluding carboxylic acids is 2. The first kappa shape index (κ1) is 22.6. The van der Waals surface area contributed by atoms with E-state index in [9.17, 15) is 22.8 Å². The fourth-order valence-corrected chi connectivity index (χ4v) is 2.26. The Morgan fingerprint density at radius 2 is 1.78 bits per heavy atom. The van der Waals surface area contributed by atoms with Gasteiger partial charge in [-0.2, -0.15) is 13.2 Å². The molecule has 0 fully saturated rings. The summed E-state index contributed by atoms with van der Waals surface area (Å²) in [5.41, 5.74) is 0.300. The molecule has 0 unspecified atom stereocenters. The largest absolute Gasteiger partial charge is 0.493 e. The molecule has 0 aliphatic rings. The number of hydrogen-bond donors (Lipinski definition) is 2. The van der Waals surface area contributed by atoms with Gasteiger partial charge < -0.3 is 20.1 Å². The second-order valence-corrected chi connectivity index (χ2v) is 5.81. The third-order valence-corrected chi connectivity index (χ3v) is 3.54. The van der Waals surface area contributed by atoms with Crippen LogP contribution in [0.3, 0.4) is 0 Å². The Morgan fingerprint density at radius 3 is 2.37 bits per heavy atom. The molecule has 7 nitrogen and oxygen atoms in total. The second kappa shape index (κ2) is 10.6.